The van der Waals surface area contributed by atoms with Gasteiger partial charge in [0.2, 0.25) is 6.29 Å². The van der Waals surface area contributed by atoms with Gasteiger partial charge in [-0.15, -0.1) is 5.10 Å². The highest BCUT2D eigenvalue weighted by Gasteiger charge is 2.21. The maximum absolute atomic E-state index is 11.5. The van der Waals surface area contributed by atoms with Gasteiger partial charge >= 0.3 is 0 Å². The number of carbonyl (C=O) groups excluding carboxylic acids is 1. The van der Waals surface area contributed by atoms with E-state index in [0.29, 0.717) is 11.4 Å². The smallest absolute Gasteiger partial charge is 0.267 e. The second kappa shape index (κ2) is 5.50. The number of carbonyl (C=O) groups is 1. The predicted molar refractivity (Wildman–Crippen MR) is 55.2 cm³/mol. The van der Waals surface area contributed by atoms with Crippen LogP contribution in [0.25, 0.3) is 0 Å². The summed E-state index contributed by atoms with van der Waals surface area (Å²) in [4.78, 5) is 11.5. The number of hydrogen-bond donors (Lipinski definition) is 2. The lowest BCUT2D eigenvalue weighted by Gasteiger charge is -2.15. The lowest BCUT2D eigenvalue weighted by atomic mass is 10.1. The number of rotatable bonds is 4. The lowest BCUT2D eigenvalue weighted by molar-refractivity contribution is -0.109. The van der Waals surface area contributed by atoms with Crippen molar-refractivity contribution in [1.29, 1.82) is 0 Å². The van der Waals surface area contributed by atoms with Crippen molar-refractivity contribution in [3.8, 4) is 0 Å². The normalized spacial score (nSPS) is 10.6. The van der Waals surface area contributed by atoms with E-state index in [2.05, 4.69) is 10.2 Å². The molecule has 0 saturated carbocycles. The molecule has 0 unspecified atom stereocenters. The first-order valence-corrected chi connectivity index (χ1v) is 4.54. The van der Waals surface area contributed by atoms with E-state index in [4.69, 9.17) is 15.3 Å². The number of amides is 1. The molecule has 7 nitrogen and oxygen atoms in total. The fraction of sp³-hybridized carbons (Fsp3) is 0.444. The summed E-state index contributed by atoms with van der Waals surface area (Å²) in [5.41, 5.74) is 3.21. The molecule has 0 radical (unpaired) electrons. The number of nitrogens with one attached hydrogen (secondary N) is 1. The SMILES string of the molecule is COC(OC)c1nnc(C)cc1C(=O)NN. The van der Waals surface area contributed by atoms with Crippen molar-refractivity contribution in [2.45, 2.75) is 13.2 Å². The molecule has 1 aromatic rings. The number of ether oxygens (including phenoxy) is 2. The molecule has 1 rings (SSSR count). The number of methoxy groups -OCH3 is 2. The molecule has 7 heteroatoms. The van der Waals surface area contributed by atoms with Gasteiger partial charge in [0, 0.05) is 14.2 Å². The molecule has 0 aliphatic heterocycles. The number of nitrogens with two attached hydrogens (primary N) is 1. The topological polar surface area (TPSA) is 99.4 Å². The van der Waals surface area contributed by atoms with E-state index in [1.165, 1.54) is 14.2 Å². The first-order chi connectivity index (χ1) is 7.63. The molecule has 0 fully saturated rings. The van der Waals surface area contributed by atoms with Crippen molar-refractivity contribution in [2.24, 2.45) is 5.84 Å². The van der Waals surface area contributed by atoms with E-state index in [0.717, 1.165) is 0 Å². The van der Waals surface area contributed by atoms with Crippen molar-refractivity contribution >= 4 is 5.91 Å². The van der Waals surface area contributed by atoms with Crippen LogP contribution in [0, 0.1) is 6.92 Å². The third-order valence-corrected chi connectivity index (χ3v) is 1.97. The fourth-order valence-corrected chi connectivity index (χ4v) is 1.25. The number of aromatic nitrogens is 2. The van der Waals surface area contributed by atoms with Crippen LogP contribution >= 0.6 is 0 Å². The minimum atomic E-state index is -0.750. The van der Waals surface area contributed by atoms with Gasteiger partial charge in [-0.1, -0.05) is 0 Å². The third kappa shape index (κ3) is 2.51. The van der Waals surface area contributed by atoms with Gasteiger partial charge in [0.15, 0.2) is 0 Å². The average Bonchev–Trinajstić information content (AvgIpc) is 2.31. The maximum atomic E-state index is 11.5. The van der Waals surface area contributed by atoms with Crippen LogP contribution in [0.4, 0.5) is 0 Å². The maximum Gasteiger partial charge on any atom is 0.267 e. The molecule has 3 N–H and O–H groups in total. The average molecular weight is 226 g/mol. The van der Waals surface area contributed by atoms with Crippen LogP contribution < -0.4 is 11.3 Å². The molecule has 16 heavy (non-hydrogen) atoms. The van der Waals surface area contributed by atoms with Crippen molar-refractivity contribution in [2.75, 3.05) is 14.2 Å². The van der Waals surface area contributed by atoms with Crippen molar-refractivity contribution in [1.82, 2.24) is 15.6 Å². The number of hydrazine groups is 1. The van der Waals surface area contributed by atoms with Crippen LogP contribution in [0.2, 0.25) is 0 Å². The molecule has 88 valence electrons. The quantitative estimate of drug-likeness (QED) is 0.316. The molecule has 0 bridgehead atoms. The Morgan fingerprint density at radius 2 is 2.06 bits per heavy atom. The molecule has 0 atom stereocenters. The van der Waals surface area contributed by atoms with Crippen LogP contribution in [-0.2, 0) is 9.47 Å². The van der Waals surface area contributed by atoms with E-state index >= 15 is 0 Å². The van der Waals surface area contributed by atoms with Gasteiger partial charge in [-0.2, -0.15) is 5.10 Å². The zero-order chi connectivity index (χ0) is 12.1. The van der Waals surface area contributed by atoms with Gasteiger partial charge in [-0.3, -0.25) is 10.2 Å². The van der Waals surface area contributed by atoms with Crippen molar-refractivity contribution in [3.63, 3.8) is 0 Å². The zero-order valence-electron chi connectivity index (χ0n) is 9.35. The van der Waals surface area contributed by atoms with E-state index in [1.54, 1.807) is 13.0 Å². The standard InChI is InChI=1S/C9H14N4O3/c1-5-4-6(8(14)11-10)7(13-12-5)9(15-2)16-3/h4,9H,10H2,1-3H3,(H,11,14). The van der Waals surface area contributed by atoms with Crippen LogP contribution in [-0.4, -0.2) is 30.3 Å². The summed E-state index contributed by atoms with van der Waals surface area (Å²) < 4.78 is 10.0. The van der Waals surface area contributed by atoms with Crippen LogP contribution in [0.1, 0.15) is 28.0 Å². The van der Waals surface area contributed by atoms with Crippen LogP contribution in [0.5, 0.6) is 0 Å². The monoisotopic (exact) mass is 226 g/mol. The molecule has 1 heterocycles. The van der Waals surface area contributed by atoms with Crippen molar-refractivity contribution < 1.29 is 14.3 Å². The Kier molecular flexibility index (Phi) is 4.29. The molecule has 0 saturated heterocycles. The van der Waals surface area contributed by atoms with Gasteiger partial charge in [0.1, 0.15) is 5.69 Å². The molecule has 0 aliphatic carbocycles. The van der Waals surface area contributed by atoms with Gasteiger partial charge in [0.05, 0.1) is 11.3 Å². The number of aryl methyl sites for hydroxylation is 1. The summed E-state index contributed by atoms with van der Waals surface area (Å²) in [6.45, 7) is 1.72. The molecular formula is C9H14N4O3. The number of nitrogen functional groups attached to an aromatic ring is 1. The Labute approximate surface area is 92.9 Å². The zero-order valence-corrected chi connectivity index (χ0v) is 9.35. The van der Waals surface area contributed by atoms with Gasteiger partial charge < -0.3 is 9.47 Å². The molecule has 0 aromatic carbocycles. The van der Waals surface area contributed by atoms with Crippen molar-refractivity contribution in [3.05, 3.63) is 23.0 Å². The van der Waals surface area contributed by atoms with E-state index in [-0.39, 0.29) is 5.56 Å². The van der Waals surface area contributed by atoms with Gasteiger partial charge in [0.25, 0.3) is 5.91 Å². The molecule has 0 spiro atoms. The summed E-state index contributed by atoms with van der Waals surface area (Å²) in [6.07, 6.45) is -0.750. The Morgan fingerprint density at radius 3 is 2.56 bits per heavy atom. The highest BCUT2D eigenvalue weighted by Crippen LogP contribution is 2.18. The predicted octanol–water partition coefficient (Wildman–Crippen LogP) is -0.320. The van der Waals surface area contributed by atoms with Crippen LogP contribution in [0.3, 0.4) is 0 Å². The summed E-state index contributed by atoms with van der Waals surface area (Å²) >= 11 is 0. The molecule has 0 aliphatic rings. The van der Waals surface area contributed by atoms with E-state index in [9.17, 15) is 4.79 Å². The third-order valence-electron chi connectivity index (χ3n) is 1.97. The summed E-state index contributed by atoms with van der Waals surface area (Å²) in [5, 5.41) is 7.72. The van der Waals surface area contributed by atoms with E-state index in [1.807, 2.05) is 5.43 Å². The second-order valence-electron chi connectivity index (χ2n) is 3.06. The van der Waals surface area contributed by atoms with E-state index < -0.39 is 12.2 Å². The summed E-state index contributed by atoms with van der Waals surface area (Å²) in [6, 6.07) is 1.57. The highest BCUT2D eigenvalue weighted by atomic mass is 16.7. The Bertz CT molecular complexity index is 379. The minimum Gasteiger partial charge on any atom is -0.350 e. The summed E-state index contributed by atoms with van der Waals surface area (Å²) in [5.74, 6) is 4.61. The summed E-state index contributed by atoms with van der Waals surface area (Å²) in [7, 11) is 2.89. The Balaban J connectivity index is 3.21. The van der Waals surface area contributed by atoms with Gasteiger partial charge in [-0.25, -0.2) is 5.84 Å². The molecule has 1 aromatic heterocycles. The minimum absolute atomic E-state index is 0.281. The Hall–Kier alpha value is -1.57. The fourth-order valence-electron chi connectivity index (χ4n) is 1.25. The number of nitrogens with zero attached hydrogens (tertiary/aromatic N) is 2. The molecule has 1 amide bonds. The largest absolute Gasteiger partial charge is 0.350 e. The van der Waals surface area contributed by atoms with Gasteiger partial charge in [-0.05, 0) is 13.0 Å². The highest BCUT2D eigenvalue weighted by molar-refractivity contribution is 5.94. The Morgan fingerprint density at radius 1 is 1.44 bits per heavy atom. The first kappa shape index (κ1) is 12.5. The lowest BCUT2D eigenvalue weighted by Crippen LogP contribution is -2.32. The van der Waals surface area contributed by atoms with Crippen LogP contribution in [0.15, 0.2) is 6.07 Å². The number of hydrogen-bond acceptors (Lipinski definition) is 6. The second-order valence-corrected chi connectivity index (χ2v) is 3.06. The molecular weight excluding hydrogens is 212 g/mol. The first-order valence-electron chi connectivity index (χ1n) is 4.54.